The molecule has 0 spiro atoms. The molecule has 1 aliphatic heterocycles. The Kier molecular flexibility index (Phi) is 3.54. The van der Waals surface area contributed by atoms with Crippen molar-refractivity contribution in [3.63, 3.8) is 0 Å². The van der Waals surface area contributed by atoms with E-state index in [1.165, 1.54) is 0 Å². The molecule has 0 bridgehead atoms. The summed E-state index contributed by atoms with van der Waals surface area (Å²) < 4.78 is 11.4. The summed E-state index contributed by atoms with van der Waals surface area (Å²) in [5.74, 6) is 1.36. The Morgan fingerprint density at radius 3 is 2.56 bits per heavy atom. The number of hydrogen-bond donors (Lipinski definition) is 1. The van der Waals surface area contributed by atoms with Crippen molar-refractivity contribution in [3.8, 4) is 22.6 Å². The molecule has 6 nitrogen and oxygen atoms in total. The van der Waals surface area contributed by atoms with Crippen LogP contribution < -0.4 is 14.1 Å². The average Bonchev–Trinajstić information content (AvgIpc) is 3.29. The minimum Gasteiger partial charge on any atom is -0.493 e. The topological polar surface area (TPSA) is 59.5 Å². The number of methoxy groups -OCH3 is 2. The molecule has 1 aromatic heterocycles. The molecule has 1 aliphatic rings. The van der Waals surface area contributed by atoms with Crippen molar-refractivity contribution in [2.45, 2.75) is 0 Å². The molecule has 0 saturated carbocycles. The predicted molar refractivity (Wildman–Crippen MR) is 100.0 cm³/mol. The molecule has 4 rings (SSSR count). The van der Waals surface area contributed by atoms with Gasteiger partial charge in [-0.2, -0.15) is 5.10 Å². The predicted octanol–water partition coefficient (Wildman–Crippen LogP) is 3.70. The van der Waals surface area contributed by atoms with E-state index in [1.807, 2.05) is 49.8 Å². The van der Waals surface area contributed by atoms with Gasteiger partial charge in [0.2, 0.25) is 0 Å². The van der Waals surface area contributed by atoms with Crippen LogP contribution in [0.3, 0.4) is 0 Å². The summed E-state index contributed by atoms with van der Waals surface area (Å²) >= 11 is 0. The Balaban J connectivity index is 2.05. The summed E-state index contributed by atoms with van der Waals surface area (Å²) in [7, 11) is 5.31. The largest absolute Gasteiger partial charge is 0.493 e. The fraction of sp³-hybridized carbons (Fsp3) is 0.158. The van der Waals surface area contributed by atoms with Crippen molar-refractivity contribution < 1.29 is 9.47 Å². The Morgan fingerprint density at radius 1 is 1.04 bits per heavy atom. The average molecular weight is 335 g/mol. The van der Waals surface area contributed by atoms with Gasteiger partial charge < -0.3 is 9.47 Å². The summed E-state index contributed by atoms with van der Waals surface area (Å²) in [6.45, 7) is 0. The molecule has 6 heteroatoms. The Bertz CT molecular complexity index is 992. The number of fused-ring (bicyclic) bond motifs is 1. The van der Waals surface area contributed by atoms with Crippen LogP contribution in [-0.4, -0.2) is 37.7 Å². The summed E-state index contributed by atoms with van der Waals surface area (Å²) in [5.41, 5.74) is 4.07. The van der Waals surface area contributed by atoms with Gasteiger partial charge in [0.05, 0.1) is 37.7 Å². The summed E-state index contributed by atoms with van der Waals surface area (Å²) in [5, 5.41) is 12.9. The van der Waals surface area contributed by atoms with Crippen LogP contribution in [0, 0.1) is 0 Å². The lowest BCUT2D eigenvalue weighted by Crippen LogP contribution is -2.31. The zero-order valence-corrected chi connectivity index (χ0v) is 14.4. The van der Waals surface area contributed by atoms with Gasteiger partial charge >= 0.3 is 0 Å². The highest BCUT2D eigenvalue weighted by Crippen LogP contribution is 2.45. The van der Waals surface area contributed by atoms with Gasteiger partial charge in [0.25, 0.3) is 0 Å². The number of H-pyrrole nitrogens is 1. The van der Waals surface area contributed by atoms with E-state index in [4.69, 9.17) is 9.47 Å². The number of quaternary nitrogens is 1. The first-order valence-electron chi connectivity index (χ1n) is 7.95. The van der Waals surface area contributed by atoms with E-state index in [-0.39, 0.29) is 0 Å². The van der Waals surface area contributed by atoms with Gasteiger partial charge in [0.1, 0.15) is 13.2 Å². The third kappa shape index (κ3) is 2.38. The minimum atomic E-state index is 0.309. The molecule has 0 aliphatic carbocycles. The van der Waals surface area contributed by atoms with Crippen molar-refractivity contribution in [1.82, 2.24) is 14.8 Å². The number of benzene rings is 2. The van der Waals surface area contributed by atoms with Crippen LogP contribution in [0.1, 0.15) is 0 Å². The van der Waals surface area contributed by atoms with Gasteiger partial charge in [-0.15, -0.1) is 4.59 Å². The Hall–Kier alpha value is -3.12. The summed E-state index contributed by atoms with van der Waals surface area (Å²) in [4.78, 5) is 0. The third-order valence-electron chi connectivity index (χ3n) is 4.53. The van der Waals surface area contributed by atoms with Crippen molar-refractivity contribution in [1.29, 1.82) is 0 Å². The number of ether oxygens (including phenoxy) is 2. The van der Waals surface area contributed by atoms with E-state index in [0.717, 1.165) is 27.7 Å². The molecular weight excluding hydrogens is 316 g/mol. The maximum Gasteiger partial charge on any atom is 0.175 e. The van der Waals surface area contributed by atoms with Crippen LogP contribution in [0.5, 0.6) is 11.5 Å². The molecule has 0 amide bonds. The van der Waals surface area contributed by atoms with Crippen LogP contribution in [0.25, 0.3) is 22.0 Å². The number of hydrogen-bond acceptors (Lipinski definition) is 4. The van der Waals surface area contributed by atoms with E-state index >= 15 is 0 Å². The first-order valence-corrected chi connectivity index (χ1v) is 7.95. The van der Waals surface area contributed by atoms with Gasteiger partial charge in [0, 0.05) is 17.5 Å². The zero-order chi connectivity index (χ0) is 17.4. The third-order valence-corrected chi connectivity index (χ3v) is 4.53. The standard InChI is InChI=1S/C19H19N4O2/c1-23(9-5-8-21-23)17-11-19(25-3)18(24-2)10-14(17)13-6-4-7-16-15(13)12-20-22-16/h4-12H,1-3H3,(H,20,22)/q+1. The molecule has 25 heavy (non-hydrogen) atoms. The van der Waals surface area contributed by atoms with Crippen molar-refractivity contribution >= 4 is 22.8 Å². The SMILES string of the molecule is COc1cc(-c2cccc3[nH]ncc23)c([N+]2(C)C=CC=N2)cc1OC. The zero-order valence-electron chi connectivity index (χ0n) is 14.4. The maximum atomic E-state index is 5.53. The molecule has 1 N–H and O–H groups in total. The molecule has 1 unspecified atom stereocenters. The Labute approximate surface area is 145 Å². The van der Waals surface area contributed by atoms with Crippen LogP contribution in [-0.2, 0) is 0 Å². The van der Waals surface area contributed by atoms with E-state index in [1.54, 1.807) is 20.4 Å². The number of allylic oxidation sites excluding steroid dienone is 1. The van der Waals surface area contributed by atoms with Crippen LogP contribution in [0.4, 0.5) is 5.69 Å². The second-order valence-corrected chi connectivity index (χ2v) is 5.99. The highest BCUT2D eigenvalue weighted by Gasteiger charge is 2.31. The molecule has 0 fully saturated rings. The summed E-state index contributed by atoms with van der Waals surface area (Å²) in [6.07, 6.45) is 7.62. The molecule has 2 heterocycles. The molecule has 1 atom stereocenters. The lowest BCUT2D eigenvalue weighted by Gasteiger charge is -2.24. The number of rotatable bonds is 4. The Morgan fingerprint density at radius 2 is 1.84 bits per heavy atom. The molecule has 126 valence electrons. The smallest absolute Gasteiger partial charge is 0.175 e. The molecule has 2 aromatic carbocycles. The molecular formula is C19H19N4O2+. The van der Waals surface area contributed by atoms with Crippen LogP contribution >= 0.6 is 0 Å². The van der Waals surface area contributed by atoms with Gasteiger partial charge in [-0.25, -0.2) is 0 Å². The van der Waals surface area contributed by atoms with Crippen molar-refractivity contribution in [2.75, 3.05) is 21.3 Å². The van der Waals surface area contributed by atoms with Gasteiger partial charge in [-0.1, -0.05) is 17.2 Å². The fourth-order valence-corrected chi connectivity index (χ4v) is 3.23. The van der Waals surface area contributed by atoms with E-state index in [0.29, 0.717) is 16.1 Å². The van der Waals surface area contributed by atoms with Crippen LogP contribution in [0.2, 0.25) is 0 Å². The van der Waals surface area contributed by atoms with E-state index < -0.39 is 0 Å². The van der Waals surface area contributed by atoms with E-state index in [9.17, 15) is 0 Å². The summed E-state index contributed by atoms with van der Waals surface area (Å²) in [6, 6.07) is 10.1. The van der Waals surface area contributed by atoms with Crippen molar-refractivity contribution in [3.05, 3.63) is 48.8 Å². The lowest BCUT2D eigenvalue weighted by molar-refractivity contribution is 0.353. The van der Waals surface area contributed by atoms with Gasteiger partial charge in [-0.05, 0) is 17.7 Å². The van der Waals surface area contributed by atoms with Crippen LogP contribution in [0.15, 0.2) is 53.9 Å². The molecule has 0 radical (unpaired) electrons. The van der Waals surface area contributed by atoms with E-state index in [2.05, 4.69) is 21.4 Å². The monoisotopic (exact) mass is 335 g/mol. The van der Waals surface area contributed by atoms with Gasteiger partial charge in [0.15, 0.2) is 17.2 Å². The van der Waals surface area contributed by atoms with Gasteiger partial charge in [-0.3, -0.25) is 5.10 Å². The second kappa shape index (κ2) is 5.75. The van der Waals surface area contributed by atoms with Crippen molar-refractivity contribution in [2.24, 2.45) is 5.10 Å². The first kappa shape index (κ1) is 15.4. The lowest BCUT2D eigenvalue weighted by atomic mass is 9.98. The normalized spacial score (nSPS) is 18.8. The number of aromatic amines is 1. The number of nitrogens with one attached hydrogen (secondary N) is 1. The minimum absolute atomic E-state index is 0.309. The highest BCUT2D eigenvalue weighted by atomic mass is 16.5. The highest BCUT2D eigenvalue weighted by molar-refractivity contribution is 5.98. The first-order chi connectivity index (χ1) is 12.2. The number of nitrogens with zero attached hydrogens (tertiary/aromatic N) is 3. The maximum absolute atomic E-state index is 5.53. The molecule has 3 aromatic rings. The fourth-order valence-electron chi connectivity index (χ4n) is 3.23. The second-order valence-electron chi connectivity index (χ2n) is 5.99. The molecule has 0 saturated heterocycles. The quantitative estimate of drug-likeness (QED) is 0.740. The number of aromatic nitrogens is 2.